The quantitative estimate of drug-likeness (QED) is 0.221. The maximum Gasteiger partial charge on any atom is 0.356 e. The fourth-order valence-corrected chi connectivity index (χ4v) is 7.61. The summed E-state index contributed by atoms with van der Waals surface area (Å²) >= 11 is 4.21. The normalized spacial score (nSPS) is 18.3. The maximum atomic E-state index is 13.9. The van der Waals surface area contributed by atoms with Crippen LogP contribution in [0.4, 0.5) is 0 Å². The molecule has 0 aliphatic carbocycles. The number of hydrogen-bond donors (Lipinski definition) is 2. The topological polar surface area (TPSA) is 117 Å². The molecule has 2 aromatic heterocycles. The zero-order chi connectivity index (χ0) is 27.5. The van der Waals surface area contributed by atoms with Crippen LogP contribution in [0.15, 0.2) is 100 Å². The van der Waals surface area contributed by atoms with E-state index in [4.69, 9.17) is 4.74 Å². The van der Waals surface area contributed by atoms with Gasteiger partial charge in [0.25, 0.3) is 5.91 Å². The Hall–Kier alpha value is -3.87. The highest BCUT2D eigenvalue weighted by Gasteiger charge is 2.55. The van der Waals surface area contributed by atoms with Gasteiger partial charge in [0.05, 0.1) is 6.42 Å². The number of rotatable bonds is 9. The third kappa shape index (κ3) is 5.42. The average Bonchev–Trinajstić information content (AvgIpc) is 3.70. The van der Waals surface area contributed by atoms with Gasteiger partial charge in [-0.05, 0) is 22.6 Å². The lowest BCUT2D eigenvalue weighted by Crippen LogP contribution is -2.70. The molecule has 0 bridgehead atoms. The number of thiophene rings is 1. The van der Waals surface area contributed by atoms with Gasteiger partial charge in [0.15, 0.2) is 11.3 Å². The standard InChI is InChI=1S/C28H23N5O4S3/c34-21(14-19-12-7-13-38-19)31-22-25(35)33-23(20(15-39-26(22)33)40-28-29-16-30-32-28)27(36)37-24(17-8-3-1-4-9-17)18-10-5-2-6-11-18/h1-13,16,22,24,26H,14-15H2,(H,31,34)(H,29,30,32)/t22-,26+/m1/s1. The molecule has 0 radical (unpaired) electrons. The van der Waals surface area contributed by atoms with Crippen molar-refractivity contribution in [1.82, 2.24) is 25.4 Å². The Balaban J connectivity index is 1.28. The molecule has 2 amide bonds. The van der Waals surface area contributed by atoms with Gasteiger partial charge in [-0.2, -0.15) is 0 Å². The van der Waals surface area contributed by atoms with E-state index < -0.39 is 23.5 Å². The Morgan fingerprint density at radius 1 is 1.07 bits per heavy atom. The molecule has 1 fully saturated rings. The van der Waals surface area contributed by atoms with E-state index in [1.54, 1.807) is 0 Å². The predicted molar refractivity (Wildman–Crippen MR) is 153 cm³/mol. The molecular weight excluding hydrogens is 567 g/mol. The van der Waals surface area contributed by atoms with E-state index in [0.29, 0.717) is 15.8 Å². The summed E-state index contributed by atoms with van der Waals surface area (Å²) in [6, 6.07) is 22.0. The fourth-order valence-electron chi connectivity index (χ4n) is 4.56. The third-order valence-electron chi connectivity index (χ3n) is 6.40. The second-order valence-electron chi connectivity index (χ2n) is 8.99. The SMILES string of the molecule is O=C(Cc1cccs1)N[C@@H]1C(=O)N2C(C(=O)OC(c3ccccc3)c3ccccc3)=C(Sc3nnc[nH]3)CS[C@@H]12. The first-order valence-corrected chi connectivity index (χ1v) is 15.2. The molecule has 0 unspecified atom stereocenters. The number of carbonyl (C=O) groups excluding carboxylic acids is 3. The van der Waals surface area contributed by atoms with Gasteiger partial charge in [0.2, 0.25) is 5.91 Å². The Morgan fingerprint density at radius 2 is 1.80 bits per heavy atom. The lowest BCUT2D eigenvalue weighted by molar-refractivity contribution is -0.154. The van der Waals surface area contributed by atoms with Gasteiger partial charge in [0, 0.05) is 15.5 Å². The van der Waals surface area contributed by atoms with E-state index in [0.717, 1.165) is 16.0 Å². The Morgan fingerprint density at radius 3 is 2.42 bits per heavy atom. The summed E-state index contributed by atoms with van der Waals surface area (Å²) in [7, 11) is 0. The first-order valence-electron chi connectivity index (χ1n) is 12.4. The fraction of sp³-hybridized carbons (Fsp3) is 0.179. The average molecular weight is 590 g/mol. The van der Waals surface area contributed by atoms with E-state index in [1.807, 2.05) is 78.2 Å². The monoisotopic (exact) mass is 589 g/mol. The molecule has 9 nitrogen and oxygen atoms in total. The second kappa shape index (κ2) is 11.7. The van der Waals surface area contributed by atoms with Gasteiger partial charge in [-0.15, -0.1) is 33.3 Å². The van der Waals surface area contributed by atoms with Gasteiger partial charge in [-0.1, -0.05) is 78.5 Å². The van der Waals surface area contributed by atoms with Gasteiger partial charge in [0.1, 0.15) is 23.4 Å². The van der Waals surface area contributed by atoms with E-state index in [-0.39, 0.29) is 23.9 Å². The van der Waals surface area contributed by atoms with Gasteiger partial charge in [-0.3, -0.25) is 14.5 Å². The van der Waals surface area contributed by atoms with Crippen LogP contribution in [0.3, 0.4) is 0 Å². The summed E-state index contributed by atoms with van der Waals surface area (Å²) in [6.45, 7) is 0. The smallest absolute Gasteiger partial charge is 0.356 e. The van der Waals surface area contributed by atoms with Gasteiger partial charge in [-0.25, -0.2) is 4.79 Å². The minimum absolute atomic E-state index is 0.163. The third-order valence-corrected chi connectivity index (χ3v) is 9.72. The highest BCUT2D eigenvalue weighted by molar-refractivity contribution is 8.06. The summed E-state index contributed by atoms with van der Waals surface area (Å²) < 4.78 is 6.15. The minimum Gasteiger partial charge on any atom is -0.448 e. The lowest BCUT2D eigenvalue weighted by atomic mass is 10.0. The number of esters is 1. The van der Waals surface area contributed by atoms with Crippen LogP contribution in [-0.4, -0.2) is 55.0 Å². The van der Waals surface area contributed by atoms with Crippen molar-refractivity contribution in [2.24, 2.45) is 0 Å². The number of H-pyrrole nitrogens is 1. The number of aromatic amines is 1. The number of nitrogens with one attached hydrogen (secondary N) is 2. The lowest BCUT2D eigenvalue weighted by Gasteiger charge is -2.49. The molecule has 2 atom stereocenters. The number of benzene rings is 2. The summed E-state index contributed by atoms with van der Waals surface area (Å²) in [5.41, 5.74) is 1.78. The number of thioether (sulfide) groups is 2. The van der Waals surface area contributed by atoms with E-state index in [1.165, 1.54) is 46.1 Å². The molecule has 40 heavy (non-hydrogen) atoms. The molecule has 4 aromatic rings. The molecule has 2 aliphatic rings. The van der Waals surface area contributed by atoms with Gasteiger partial charge >= 0.3 is 5.97 Å². The zero-order valence-corrected chi connectivity index (χ0v) is 23.4. The zero-order valence-electron chi connectivity index (χ0n) is 20.9. The van der Waals surface area contributed by atoms with Crippen molar-refractivity contribution in [3.63, 3.8) is 0 Å². The van der Waals surface area contributed by atoms with Crippen LogP contribution < -0.4 is 5.32 Å². The van der Waals surface area contributed by atoms with E-state index in [2.05, 4.69) is 20.5 Å². The van der Waals surface area contributed by atoms with Crippen molar-refractivity contribution in [2.75, 3.05) is 5.75 Å². The van der Waals surface area contributed by atoms with Crippen LogP contribution in [0.2, 0.25) is 0 Å². The number of hydrogen-bond acceptors (Lipinski definition) is 9. The van der Waals surface area contributed by atoms with Crippen molar-refractivity contribution in [1.29, 1.82) is 0 Å². The maximum absolute atomic E-state index is 13.9. The summed E-state index contributed by atoms with van der Waals surface area (Å²) in [5.74, 6) is -0.774. The van der Waals surface area contributed by atoms with Crippen LogP contribution >= 0.6 is 34.9 Å². The van der Waals surface area contributed by atoms with Crippen molar-refractivity contribution in [2.45, 2.75) is 29.1 Å². The molecule has 2 N–H and O–H groups in total. The van der Waals surface area contributed by atoms with Crippen molar-refractivity contribution in [3.8, 4) is 0 Å². The van der Waals surface area contributed by atoms with E-state index in [9.17, 15) is 14.4 Å². The molecular formula is C28H23N5O4S3. The number of β-lactam (4-membered cyclic amide) rings is 1. The molecule has 6 rings (SSSR count). The molecule has 1 saturated heterocycles. The molecule has 12 heteroatoms. The Bertz CT molecular complexity index is 1490. The van der Waals surface area contributed by atoms with Crippen LogP contribution in [0.5, 0.6) is 0 Å². The molecule has 0 saturated carbocycles. The number of ether oxygens (including phenoxy) is 1. The highest BCUT2D eigenvalue weighted by atomic mass is 32.2. The van der Waals surface area contributed by atoms with Crippen molar-refractivity contribution < 1.29 is 19.1 Å². The van der Waals surface area contributed by atoms with Crippen molar-refractivity contribution >= 4 is 52.6 Å². The first kappa shape index (κ1) is 26.4. The summed E-state index contributed by atoms with van der Waals surface area (Å²) in [4.78, 5) is 46.0. The van der Waals surface area contributed by atoms with Crippen LogP contribution in [0, 0.1) is 0 Å². The second-order valence-corrected chi connectivity index (χ2v) is 12.2. The Labute approximate surface area is 242 Å². The number of aromatic nitrogens is 3. The number of nitrogens with zero attached hydrogens (tertiary/aromatic N) is 3. The van der Waals surface area contributed by atoms with Crippen molar-refractivity contribution in [3.05, 3.63) is 111 Å². The molecule has 202 valence electrons. The van der Waals surface area contributed by atoms with Crippen LogP contribution in [0.25, 0.3) is 0 Å². The molecule has 0 spiro atoms. The number of amides is 2. The number of fused-ring (bicyclic) bond motifs is 1. The molecule has 2 aromatic carbocycles. The minimum atomic E-state index is -0.726. The van der Waals surface area contributed by atoms with Gasteiger partial charge < -0.3 is 15.0 Å². The summed E-state index contributed by atoms with van der Waals surface area (Å²) in [6.07, 6.45) is 0.977. The molecule has 2 aliphatic heterocycles. The first-order chi connectivity index (χ1) is 19.6. The summed E-state index contributed by atoms with van der Waals surface area (Å²) in [5, 5.41) is 12.7. The van der Waals surface area contributed by atoms with Crippen LogP contribution in [-0.2, 0) is 25.5 Å². The highest BCUT2D eigenvalue weighted by Crippen LogP contribution is 2.45. The Kier molecular flexibility index (Phi) is 7.71. The molecule has 4 heterocycles. The number of carbonyl (C=O) groups is 3. The van der Waals surface area contributed by atoms with Crippen LogP contribution in [0.1, 0.15) is 22.1 Å². The van der Waals surface area contributed by atoms with E-state index >= 15 is 0 Å². The largest absolute Gasteiger partial charge is 0.448 e. The predicted octanol–water partition coefficient (Wildman–Crippen LogP) is 4.15.